The lowest BCUT2D eigenvalue weighted by atomic mass is 9.82. The highest BCUT2D eigenvalue weighted by Crippen LogP contribution is 2.37. The number of hydrogen-bond donors (Lipinski definition) is 0. The first-order chi connectivity index (χ1) is 20.4. The summed E-state index contributed by atoms with van der Waals surface area (Å²) in [7, 11) is 0. The molecule has 234 valence electrons. The van der Waals surface area contributed by atoms with E-state index in [1.54, 1.807) is 17.9 Å². The second-order valence-corrected chi connectivity index (χ2v) is 13.4. The highest BCUT2D eigenvalue weighted by atomic mass is 32.1. The molecule has 2 aliphatic rings. The van der Waals surface area contributed by atoms with Crippen molar-refractivity contribution >= 4 is 34.8 Å². The number of nitrogens with zero attached hydrogens (tertiary/aromatic N) is 2. The number of morpholine rings is 1. The number of amides is 2. The highest BCUT2D eigenvalue weighted by Gasteiger charge is 2.40. The number of anilines is 1. The van der Waals surface area contributed by atoms with E-state index in [9.17, 15) is 19.2 Å². The van der Waals surface area contributed by atoms with E-state index < -0.39 is 17.8 Å². The first-order valence-electron chi connectivity index (χ1n) is 15.0. The summed E-state index contributed by atoms with van der Waals surface area (Å²) < 4.78 is 20.9. The molecule has 2 aromatic rings. The van der Waals surface area contributed by atoms with Crippen LogP contribution in [0, 0.1) is 36.0 Å². The van der Waals surface area contributed by atoms with E-state index in [2.05, 4.69) is 18.8 Å². The fraction of sp³-hybridized carbons (Fsp3) is 0.625. The molecule has 0 radical (unpaired) electrons. The Labute approximate surface area is 256 Å². The summed E-state index contributed by atoms with van der Waals surface area (Å²) >= 11 is 1.12. The third-order valence-electron chi connectivity index (χ3n) is 7.80. The average molecular weight is 615 g/mol. The minimum atomic E-state index is -0.883. The van der Waals surface area contributed by atoms with E-state index in [0.717, 1.165) is 37.0 Å². The molecule has 1 saturated heterocycles. The van der Waals surface area contributed by atoms with E-state index >= 15 is 0 Å². The molecule has 4 rings (SSSR count). The van der Waals surface area contributed by atoms with E-state index in [1.165, 1.54) is 4.90 Å². The van der Waals surface area contributed by atoms with Crippen LogP contribution in [0.3, 0.4) is 0 Å². The Morgan fingerprint density at radius 2 is 1.81 bits per heavy atom. The third-order valence-corrected chi connectivity index (χ3v) is 8.82. The Morgan fingerprint density at radius 3 is 2.40 bits per heavy atom. The summed E-state index contributed by atoms with van der Waals surface area (Å²) in [6, 6.07) is 0.908. The molecule has 3 heterocycles. The van der Waals surface area contributed by atoms with Gasteiger partial charge in [-0.15, -0.1) is 11.3 Å². The monoisotopic (exact) mass is 614 g/mol. The van der Waals surface area contributed by atoms with Crippen molar-refractivity contribution < 1.29 is 32.7 Å². The SMILES string of the molecule is CCC(C(=O)N1CCOCC1)N(C(=O)C1CCC(C)CC1)c1cc(C#CC(C)(C)C)sc1C(=O)OCc1oc(=O)oc1C. The minimum absolute atomic E-state index is 0.0994. The van der Waals surface area contributed by atoms with Crippen LogP contribution < -0.4 is 10.7 Å². The van der Waals surface area contributed by atoms with Crippen LogP contribution in [-0.2, 0) is 25.7 Å². The van der Waals surface area contributed by atoms with E-state index in [1.807, 2.05) is 27.7 Å². The standard InChI is InChI=1S/C32H42N2O8S/c1-7-24(29(36)33-14-16-39-17-15-33)34(28(35)22-10-8-20(2)9-11-22)25-18-23(12-13-32(4,5)6)43-27(25)30(37)40-19-26-21(3)41-31(38)42-26/h18,20,22,24H,7-11,14-17,19H2,1-6H3. The van der Waals surface area contributed by atoms with Gasteiger partial charge in [0.1, 0.15) is 10.9 Å². The molecule has 2 amide bonds. The molecule has 0 N–H and O–H groups in total. The predicted molar refractivity (Wildman–Crippen MR) is 162 cm³/mol. The van der Waals surface area contributed by atoms with Crippen molar-refractivity contribution in [1.29, 1.82) is 0 Å². The van der Waals surface area contributed by atoms with Crippen molar-refractivity contribution in [2.75, 3.05) is 31.2 Å². The Hall–Kier alpha value is -3.36. The zero-order valence-electron chi connectivity index (χ0n) is 25.9. The first kappa shape index (κ1) is 32.6. The summed E-state index contributed by atoms with van der Waals surface area (Å²) in [5, 5.41) is 0. The predicted octanol–water partition coefficient (Wildman–Crippen LogP) is 5.15. The molecule has 0 bridgehead atoms. The maximum atomic E-state index is 14.4. The second kappa shape index (κ2) is 14.0. The van der Waals surface area contributed by atoms with Crippen molar-refractivity contribution in [3.63, 3.8) is 0 Å². The van der Waals surface area contributed by atoms with E-state index in [-0.39, 0.29) is 46.2 Å². The van der Waals surface area contributed by atoms with Gasteiger partial charge in [-0.2, -0.15) is 0 Å². The van der Waals surface area contributed by atoms with Gasteiger partial charge in [0.15, 0.2) is 18.1 Å². The number of aryl methyl sites for hydroxylation is 1. The van der Waals surface area contributed by atoms with Crippen LogP contribution in [0.2, 0.25) is 0 Å². The lowest BCUT2D eigenvalue weighted by molar-refractivity contribution is -0.139. The van der Waals surface area contributed by atoms with Crippen LogP contribution in [-0.4, -0.2) is 55.0 Å². The van der Waals surface area contributed by atoms with Gasteiger partial charge in [0.2, 0.25) is 11.8 Å². The molecular formula is C32H42N2O8S. The molecule has 2 aromatic heterocycles. The molecule has 43 heavy (non-hydrogen) atoms. The van der Waals surface area contributed by atoms with Crippen molar-refractivity contribution in [3.8, 4) is 11.8 Å². The van der Waals surface area contributed by atoms with Gasteiger partial charge in [-0.1, -0.05) is 25.7 Å². The second-order valence-electron chi connectivity index (χ2n) is 12.4. The van der Waals surface area contributed by atoms with Gasteiger partial charge in [-0.05, 0) is 71.8 Å². The number of rotatable bonds is 8. The van der Waals surface area contributed by atoms with Crippen molar-refractivity contribution in [1.82, 2.24) is 4.90 Å². The first-order valence-corrected chi connectivity index (χ1v) is 15.8. The molecule has 0 aromatic carbocycles. The minimum Gasteiger partial charge on any atom is -0.453 e. The summed E-state index contributed by atoms with van der Waals surface area (Å²) in [6.07, 6.45) is 3.65. The van der Waals surface area contributed by atoms with Gasteiger partial charge < -0.3 is 23.2 Å². The molecule has 10 nitrogen and oxygen atoms in total. The van der Waals surface area contributed by atoms with Crippen LogP contribution in [0.1, 0.15) is 92.8 Å². The molecule has 1 unspecified atom stereocenters. The van der Waals surface area contributed by atoms with Gasteiger partial charge >= 0.3 is 11.8 Å². The Balaban J connectivity index is 1.78. The lowest BCUT2D eigenvalue weighted by Gasteiger charge is -2.38. The largest absolute Gasteiger partial charge is 0.519 e. The summed E-state index contributed by atoms with van der Waals surface area (Å²) in [6.45, 7) is 13.0. The third kappa shape index (κ3) is 8.18. The van der Waals surface area contributed by atoms with Crippen molar-refractivity contribution in [2.45, 2.75) is 86.3 Å². The maximum absolute atomic E-state index is 14.4. The fourth-order valence-corrected chi connectivity index (χ4v) is 6.22. The quantitative estimate of drug-likeness (QED) is 0.296. The van der Waals surface area contributed by atoms with Gasteiger partial charge in [0, 0.05) is 24.4 Å². The molecule has 1 aliphatic heterocycles. The smallest absolute Gasteiger partial charge is 0.453 e. The van der Waals surface area contributed by atoms with Crippen LogP contribution in [0.5, 0.6) is 0 Å². The number of hydrogen-bond acceptors (Lipinski definition) is 9. The fourth-order valence-electron chi connectivity index (χ4n) is 5.33. The summed E-state index contributed by atoms with van der Waals surface area (Å²) in [4.78, 5) is 57.5. The molecule has 11 heteroatoms. The van der Waals surface area contributed by atoms with Crippen LogP contribution in [0.4, 0.5) is 5.69 Å². The Bertz CT molecular complexity index is 1420. The number of esters is 1. The number of carbonyl (C=O) groups is 3. The molecular weight excluding hydrogens is 572 g/mol. The topological polar surface area (TPSA) is 120 Å². The number of thiophene rings is 1. The number of ether oxygens (including phenoxy) is 2. The summed E-state index contributed by atoms with van der Waals surface area (Å²) in [5.74, 6) is 4.99. The molecule has 0 spiro atoms. The normalized spacial score (nSPS) is 19.7. The van der Waals surface area contributed by atoms with E-state index in [4.69, 9.17) is 18.3 Å². The number of carbonyl (C=O) groups excluding carboxylic acids is 3. The average Bonchev–Trinajstić information content (AvgIpc) is 3.55. The van der Waals surface area contributed by atoms with Crippen molar-refractivity contribution in [2.24, 2.45) is 17.3 Å². The van der Waals surface area contributed by atoms with Crippen LogP contribution in [0.25, 0.3) is 0 Å². The molecule has 2 fully saturated rings. The maximum Gasteiger partial charge on any atom is 0.519 e. The van der Waals surface area contributed by atoms with Gasteiger partial charge in [0.25, 0.3) is 0 Å². The molecule has 1 aliphatic carbocycles. The zero-order valence-corrected chi connectivity index (χ0v) is 26.8. The van der Waals surface area contributed by atoms with E-state index in [0.29, 0.717) is 49.2 Å². The van der Waals surface area contributed by atoms with Crippen LogP contribution in [0.15, 0.2) is 19.7 Å². The summed E-state index contributed by atoms with van der Waals surface area (Å²) in [5.41, 5.74) is 0.0175. The molecule has 1 atom stereocenters. The highest BCUT2D eigenvalue weighted by molar-refractivity contribution is 7.15. The van der Waals surface area contributed by atoms with Gasteiger partial charge in [-0.25, -0.2) is 9.59 Å². The van der Waals surface area contributed by atoms with Gasteiger partial charge in [-0.3, -0.25) is 14.5 Å². The van der Waals surface area contributed by atoms with Crippen molar-refractivity contribution in [3.05, 3.63) is 38.0 Å². The van der Waals surface area contributed by atoms with Gasteiger partial charge in [0.05, 0.1) is 23.8 Å². The zero-order chi connectivity index (χ0) is 31.3. The van der Waals surface area contributed by atoms with Crippen LogP contribution >= 0.6 is 11.3 Å². The lowest BCUT2D eigenvalue weighted by Crippen LogP contribution is -2.55. The Kier molecular flexibility index (Phi) is 10.6. The Morgan fingerprint density at radius 1 is 1.14 bits per heavy atom. The molecule has 1 saturated carbocycles.